The number of hydrogen-bond acceptors (Lipinski definition) is 4. The van der Waals surface area contributed by atoms with Crippen molar-refractivity contribution in [3.05, 3.63) is 53.4 Å². The number of benzene rings is 1. The van der Waals surface area contributed by atoms with E-state index in [2.05, 4.69) is 4.98 Å². The summed E-state index contributed by atoms with van der Waals surface area (Å²) in [6, 6.07) is 8.90. The molecule has 0 saturated carbocycles. The maximum absolute atomic E-state index is 13.8. The number of hydrogen-bond donors (Lipinski definition) is 0. The highest BCUT2D eigenvalue weighted by atomic mass is 35.5. The standard InChI is InChI=1S/C15H15ClFN3O2S/c16-12-4-3-7-18-15(12)19-8-10-20(11-9-19)23(21,22)14-6-2-1-5-13(14)17/h1-7H,8-11H2. The Morgan fingerprint density at radius 1 is 1.04 bits per heavy atom. The zero-order chi connectivity index (χ0) is 16.4. The minimum atomic E-state index is -3.83. The van der Waals surface area contributed by atoms with Gasteiger partial charge in [0.05, 0.1) is 5.02 Å². The summed E-state index contributed by atoms with van der Waals surface area (Å²) in [5, 5.41) is 0.526. The molecule has 0 N–H and O–H groups in total. The zero-order valence-electron chi connectivity index (χ0n) is 12.2. The van der Waals surface area contributed by atoms with E-state index in [0.717, 1.165) is 6.07 Å². The summed E-state index contributed by atoms with van der Waals surface area (Å²) in [7, 11) is -3.83. The van der Waals surface area contributed by atoms with Crippen molar-refractivity contribution in [2.45, 2.75) is 4.90 Å². The number of sulfonamides is 1. The normalized spacial score (nSPS) is 16.5. The summed E-state index contributed by atoms with van der Waals surface area (Å²) >= 11 is 6.11. The number of piperazine rings is 1. The molecule has 2 aromatic rings. The Morgan fingerprint density at radius 2 is 1.74 bits per heavy atom. The van der Waals surface area contributed by atoms with Crippen LogP contribution in [-0.2, 0) is 10.0 Å². The number of anilines is 1. The van der Waals surface area contributed by atoms with Gasteiger partial charge in [-0.2, -0.15) is 4.31 Å². The van der Waals surface area contributed by atoms with Crippen LogP contribution in [0.3, 0.4) is 0 Å². The van der Waals surface area contributed by atoms with Crippen molar-refractivity contribution in [2.24, 2.45) is 0 Å². The monoisotopic (exact) mass is 355 g/mol. The molecule has 1 aromatic heterocycles. The van der Waals surface area contributed by atoms with Crippen LogP contribution in [0.15, 0.2) is 47.5 Å². The van der Waals surface area contributed by atoms with E-state index < -0.39 is 15.8 Å². The Morgan fingerprint density at radius 3 is 2.39 bits per heavy atom. The molecular formula is C15H15ClFN3O2S. The van der Waals surface area contributed by atoms with Gasteiger partial charge in [-0.15, -0.1) is 0 Å². The van der Waals surface area contributed by atoms with Gasteiger partial charge in [0.25, 0.3) is 0 Å². The van der Waals surface area contributed by atoms with Crippen LogP contribution in [0.25, 0.3) is 0 Å². The molecular weight excluding hydrogens is 341 g/mol. The molecule has 0 atom stereocenters. The Kier molecular flexibility index (Phi) is 4.52. The van der Waals surface area contributed by atoms with Crippen molar-refractivity contribution in [2.75, 3.05) is 31.1 Å². The van der Waals surface area contributed by atoms with E-state index in [4.69, 9.17) is 11.6 Å². The van der Waals surface area contributed by atoms with Gasteiger partial charge in [-0.25, -0.2) is 17.8 Å². The molecule has 0 spiro atoms. The van der Waals surface area contributed by atoms with Crippen LogP contribution in [-0.4, -0.2) is 43.9 Å². The van der Waals surface area contributed by atoms with E-state index in [1.54, 1.807) is 18.3 Å². The van der Waals surface area contributed by atoms with Gasteiger partial charge >= 0.3 is 0 Å². The maximum atomic E-state index is 13.8. The van der Waals surface area contributed by atoms with Gasteiger partial charge in [-0.05, 0) is 24.3 Å². The molecule has 1 aliphatic rings. The first-order valence-corrected chi connectivity index (χ1v) is 8.92. The zero-order valence-corrected chi connectivity index (χ0v) is 13.8. The highest BCUT2D eigenvalue weighted by molar-refractivity contribution is 7.89. The first kappa shape index (κ1) is 16.2. The van der Waals surface area contributed by atoms with E-state index in [0.29, 0.717) is 23.9 Å². The average Bonchev–Trinajstić information content (AvgIpc) is 2.56. The van der Waals surface area contributed by atoms with Gasteiger partial charge in [0.15, 0.2) is 0 Å². The summed E-state index contributed by atoms with van der Waals surface area (Å²) in [4.78, 5) is 5.87. The lowest BCUT2D eigenvalue weighted by Crippen LogP contribution is -2.49. The van der Waals surface area contributed by atoms with Crippen LogP contribution in [0, 0.1) is 5.82 Å². The molecule has 3 rings (SSSR count). The van der Waals surface area contributed by atoms with Crippen molar-refractivity contribution in [1.82, 2.24) is 9.29 Å². The van der Waals surface area contributed by atoms with E-state index >= 15 is 0 Å². The SMILES string of the molecule is O=S(=O)(c1ccccc1F)N1CCN(c2ncccc2Cl)CC1. The topological polar surface area (TPSA) is 53.5 Å². The number of aromatic nitrogens is 1. The summed E-state index contributed by atoms with van der Waals surface area (Å²) < 4.78 is 40.2. The Labute approximate surface area is 139 Å². The first-order valence-electron chi connectivity index (χ1n) is 7.10. The molecule has 1 fully saturated rings. The van der Waals surface area contributed by atoms with Gasteiger partial charge in [0, 0.05) is 32.4 Å². The number of rotatable bonds is 3. The van der Waals surface area contributed by atoms with Crippen molar-refractivity contribution < 1.29 is 12.8 Å². The lowest BCUT2D eigenvalue weighted by Gasteiger charge is -2.35. The number of halogens is 2. The molecule has 8 heteroatoms. The van der Waals surface area contributed by atoms with Gasteiger partial charge in [-0.3, -0.25) is 0 Å². The Bertz CT molecular complexity index is 808. The molecule has 122 valence electrons. The number of nitrogens with zero attached hydrogens (tertiary/aromatic N) is 3. The van der Waals surface area contributed by atoms with Gasteiger partial charge in [-0.1, -0.05) is 23.7 Å². The highest BCUT2D eigenvalue weighted by Gasteiger charge is 2.31. The van der Waals surface area contributed by atoms with Crippen molar-refractivity contribution in [3.63, 3.8) is 0 Å². The molecule has 0 radical (unpaired) electrons. The van der Waals surface area contributed by atoms with E-state index in [-0.39, 0.29) is 18.0 Å². The van der Waals surface area contributed by atoms with Crippen molar-refractivity contribution in [3.8, 4) is 0 Å². The third-order valence-electron chi connectivity index (χ3n) is 3.73. The molecule has 0 aliphatic carbocycles. The predicted octanol–water partition coefficient (Wildman–Crippen LogP) is 2.39. The van der Waals surface area contributed by atoms with Crippen molar-refractivity contribution >= 4 is 27.4 Å². The molecule has 0 bridgehead atoms. The van der Waals surface area contributed by atoms with Crippen LogP contribution in [0.2, 0.25) is 5.02 Å². The van der Waals surface area contributed by atoms with Crippen LogP contribution >= 0.6 is 11.6 Å². The highest BCUT2D eigenvalue weighted by Crippen LogP contribution is 2.25. The van der Waals surface area contributed by atoms with Gasteiger partial charge < -0.3 is 4.90 Å². The molecule has 23 heavy (non-hydrogen) atoms. The molecule has 1 saturated heterocycles. The largest absolute Gasteiger partial charge is 0.353 e. The smallest absolute Gasteiger partial charge is 0.246 e. The first-order chi connectivity index (χ1) is 11.0. The third-order valence-corrected chi connectivity index (χ3v) is 5.96. The van der Waals surface area contributed by atoms with Crippen LogP contribution in [0.1, 0.15) is 0 Å². The second-order valence-electron chi connectivity index (χ2n) is 5.13. The van der Waals surface area contributed by atoms with Crippen LogP contribution in [0.4, 0.5) is 10.2 Å². The van der Waals surface area contributed by atoms with Gasteiger partial charge in [0.2, 0.25) is 10.0 Å². The van der Waals surface area contributed by atoms with Crippen LogP contribution in [0.5, 0.6) is 0 Å². The molecule has 0 unspecified atom stereocenters. The van der Waals surface area contributed by atoms with E-state index in [1.807, 2.05) is 4.90 Å². The van der Waals surface area contributed by atoms with Gasteiger partial charge in [0.1, 0.15) is 16.5 Å². The Hall–Kier alpha value is -1.70. The lowest BCUT2D eigenvalue weighted by atomic mass is 10.3. The third kappa shape index (κ3) is 3.17. The Balaban J connectivity index is 1.77. The fourth-order valence-electron chi connectivity index (χ4n) is 2.54. The maximum Gasteiger partial charge on any atom is 0.246 e. The minimum absolute atomic E-state index is 0.254. The molecule has 1 aliphatic heterocycles. The minimum Gasteiger partial charge on any atom is -0.353 e. The summed E-state index contributed by atoms with van der Waals surface area (Å²) in [6.45, 7) is 1.40. The predicted molar refractivity (Wildman–Crippen MR) is 86.6 cm³/mol. The molecule has 5 nitrogen and oxygen atoms in total. The summed E-state index contributed by atoms with van der Waals surface area (Å²) in [5.41, 5.74) is 0. The summed E-state index contributed by atoms with van der Waals surface area (Å²) in [6.07, 6.45) is 1.64. The second kappa shape index (κ2) is 6.43. The fourth-order valence-corrected chi connectivity index (χ4v) is 4.27. The lowest BCUT2D eigenvalue weighted by molar-refractivity contribution is 0.381. The molecule has 1 aromatic carbocycles. The fraction of sp³-hybridized carbons (Fsp3) is 0.267. The van der Waals surface area contributed by atoms with E-state index in [1.165, 1.54) is 22.5 Å². The van der Waals surface area contributed by atoms with E-state index in [9.17, 15) is 12.8 Å². The molecule has 0 amide bonds. The quantitative estimate of drug-likeness (QED) is 0.848. The average molecular weight is 356 g/mol. The summed E-state index contributed by atoms with van der Waals surface area (Å²) in [5.74, 6) is -0.0974. The van der Waals surface area contributed by atoms with Crippen molar-refractivity contribution in [1.29, 1.82) is 0 Å². The second-order valence-corrected chi connectivity index (χ2v) is 7.44. The van der Waals surface area contributed by atoms with Crippen LogP contribution < -0.4 is 4.90 Å². The molecule has 2 heterocycles. The number of pyridine rings is 1.